The second-order valence-corrected chi connectivity index (χ2v) is 6.34. The first-order valence-corrected chi connectivity index (χ1v) is 8.47. The van der Waals surface area contributed by atoms with Crippen molar-refractivity contribution in [2.24, 2.45) is 14.1 Å². The molecular weight excluding hydrogens is 366 g/mol. The van der Waals surface area contributed by atoms with Crippen molar-refractivity contribution < 1.29 is 19.1 Å². The number of nitrogens with zero attached hydrogens (tertiary/aromatic N) is 2. The van der Waals surface area contributed by atoms with Crippen molar-refractivity contribution in [2.45, 2.75) is 19.8 Å². The van der Waals surface area contributed by atoms with Gasteiger partial charge in [-0.15, -0.1) is 0 Å². The number of Topliss-reactive ketones (excluding diaryl/α,β-unsaturated/α-hetero) is 2. The Bertz CT molecular complexity index is 1050. The van der Waals surface area contributed by atoms with Crippen LogP contribution in [0.5, 0.6) is 0 Å². The van der Waals surface area contributed by atoms with Gasteiger partial charge in [0.05, 0.1) is 6.42 Å². The van der Waals surface area contributed by atoms with Crippen molar-refractivity contribution in [1.82, 2.24) is 9.13 Å². The second kappa shape index (κ2) is 8.47. The molecule has 0 amide bonds. The molecule has 0 aliphatic rings. The number of aromatic nitrogens is 2. The standard InChI is InChI=1S/C19H21N3O6/c1-11-4-6-12(7-5-11)13(23)8-9-15(25)28-10-14(24)16-17(20)21(2)19(27)22(3)18(16)26/h4-7H,8-10,20H2,1-3H3. The highest BCUT2D eigenvalue weighted by Gasteiger charge is 2.21. The summed E-state index contributed by atoms with van der Waals surface area (Å²) >= 11 is 0. The van der Waals surface area contributed by atoms with E-state index in [1.54, 1.807) is 24.3 Å². The van der Waals surface area contributed by atoms with Crippen molar-refractivity contribution in [2.75, 3.05) is 12.3 Å². The number of nitrogen functional groups attached to an aromatic ring is 1. The summed E-state index contributed by atoms with van der Waals surface area (Å²) in [5.41, 5.74) is 5.21. The van der Waals surface area contributed by atoms with Gasteiger partial charge in [-0.1, -0.05) is 29.8 Å². The zero-order chi connectivity index (χ0) is 21.0. The van der Waals surface area contributed by atoms with E-state index in [-0.39, 0.29) is 24.4 Å². The molecule has 0 unspecified atom stereocenters. The zero-order valence-electron chi connectivity index (χ0n) is 15.9. The Morgan fingerprint density at radius 3 is 2.18 bits per heavy atom. The highest BCUT2D eigenvalue weighted by Crippen LogP contribution is 2.09. The summed E-state index contributed by atoms with van der Waals surface area (Å²) in [4.78, 5) is 60.0. The number of rotatable bonds is 7. The number of benzene rings is 1. The van der Waals surface area contributed by atoms with Crippen LogP contribution >= 0.6 is 0 Å². The lowest BCUT2D eigenvalue weighted by molar-refractivity contribution is -0.142. The smallest absolute Gasteiger partial charge is 0.332 e. The lowest BCUT2D eigenvalue weighted by Crippen LogP contribution is -2.42. The van der Waals surface area contributed by atoms with Gasteiger partial charge < -0.3 is 10.5 Å². The summed E-state index contributed by atoms with van der Waals surface area (Å²) in [6, 6.07) is 6.93. The third-order valence-electron chi connectivity index (χ3n) is 4.28. The molecule has 0 radical (unpaired) electrons. The molecule has 0 spiro atoms. The first-order valence-electron chi connectivity index (χ1n) is 8.47. The number of aryl methyl sites for hydroxylation is 1. The molecule has 9 heteroatoms. The van der Waals surface area contributed by atoms with Crippen molar-refractivity contribution in [1.29, 1.82) is 0 Å². The predicted octanol–water partition coefficient (Wildman–Crippen LogP) is 0.364. The molecule has 0 saturated heterocycles. The lowest BCUT2D eigenvalue weighted by Gasteiger charge is -2.11. The number of esters is 1. The van der Waals surface area contributed by atoms with Crippen LogP contribution in [0.15, 0.2) is 33.9 Å². The molecule has 0 aliphatic heterocycles. The maximum atomic E-state index is 12.2. The average Bonchev–Trinajstić information content (AvgIpc) is 2.68. The molecule has 2 aromatic rings. The van der Waals surface area contributed by atoms with E-state index in [4.69, 9.17) is 10.5 Å². The predicted molar refractivity (Wildman–Crippen MR) is 101 cm³/mol. The summed E-state index contributed by atoms with van der Waals surface area (Å²) in [5.74, 6) is -2.11. The molecule has 0 fully saturated rings. The van der Waals surface area contributed by atoms with Crippen molar-refractivity contribution >= 4 is 23.4 Å². The van der Waals surface area contributed by atoms with Gasteiger partial charge in [0.2, 0.25) is 5.78 Å². The maximum Gasteiger partial charge on any atom is 0.332 e. The number of ether oxygens (including phenoxy) is 1. The van der Waals surface area contributed by atoms with Crippen molar-refractivity contribution in [3.05, 3.63) is 61.8 Å². The fourth-order valence-corrected chi connectivity index (χ4v) is 2.51. The largest absolute Gasteiger partial charge is 0.457 e. The highest BCUT2D eigenvalue weighted by molar-refractivity contribution is 6.01. The van der Waals surface area contributed by atoms with Crippen LogP contribution in [0.4, 0.5) is 5.82 Å². The molecule has 1 heterocycles. The molecular formula is C19H21N3O6. The van der Waals surface area contributed by atoms with Gasteiger partial charge in [-0.05, 0) is 6.92 Å². The summed E-state index contributed by atoms with van der Waals surface area (Å²) in [7, 11) is 2.53. The van der Waals surface area contributed by atoms with Crippen molar-refractivity contribution in [3.63, 3.8) is 0 Å². The van der Waals surface area contributed by atoms with Crippen LogP contribution in [0.3, 0.4) is 0 Å². The number of hydrogen-bond acceptors (Lipinski definition) is 7. The minimum atomic E-state index is -0.865. The molecule has 2 N–H and O–H groups in total. The Labute approximate surface area is 160 Å². The first-order chi connectivity index (χ1) is 13.1. The van der Waals surface area contributed by atoms with E-state index >= 15 is 0 Å². The van der Waals surface area contributed by atoms with E-state index in [0.717, 1.165) is 14.7 Å². The van der Waals surface area contributed by atoms with Crippen LogP contribution in [0.2, 0.25) is 0 Å². The first kappa shape index (κ1) is 20.8. The minimum Gasteiger partial charge on any atom is -0.457 e. The average molecular weight is 387 g/mol. The Kier molecular flexibility index (Phi) is 6.29. The van der Waals surface area contributed by atoms with Crippen LogP contribution in [0.25, 0.3) is 0 Å². The topological polar surface area (TPSA) is 130 Å². The van der Waals surface area contributed by atoms with E-state index < -0.39 is 35.2 Å². The highest BCUT2D eigenvalue weighted by atomic mass is 16.5. The van der Waals surface area contributed by atoms with Crippen LogP contribution in [0.1, 0.15) is 39.1 Å². The molecule has 9 nitrogen and oxygen atoms in total. The van der Waals surface area contributed by atoms with Gasteiger partial charge in [0, 0.05) is 26.1 Å². The van der Waals surface area contributed by atoms with Crippen LogP contribution in [-0.4, -0.2) is 33.3 Å². The summed E-state index contributed by atoms with van der Waals surface area (Å²) in [5, 5.41) is 0. The fourth-order valence-electron chi connectivity index (χ4n) is 2.51. The number of ketones is 2. The van der Waals surface area contributed by atoms with Gasteiger partial charge in [0.1, 0.15) is 11.4 Å². The Morgan fingerprint density at radius 1 is 0.964 bits per heavy atom. The van der Waals surface area contributed by atoms with Crippen LogP contribution < -0.4 is 17.0 Å². The minimum absolute atomic E-state index is 0.0696. The van der Waals surface area contributed by atoms with Gasteiger partial charge >= 0.3 is 11.7 Å². The van der Waals surface area contributed by atoms with E-state index in [2.05, 4.69) is 0 Å². The van der Waals surface area contributed by atoms with Crippen LogP contribution in [-0.2, 0) is 23.6 Å². The molecule has 28 heavy (non-hydrogen) atoms. The third kappa shape index (κ3) is 4.43. The number of carbonyl (C=O) groups excluding carboxylic acids is 3. The molecule has 2 rings (SSSR count). The van der Waals surface area contributed by atoms with Gasteiger partial charge in [0.25, 0.3) is 5.56 Å². The summed E-state index contributed by atoms with van der Waals surface area (Å²) in [6.45, 7) is 1.18. The van der Waals surface area contributed by atoms with E-state index in [9.17, 15) is 24.0 Å². The number of carbonyl (C=O) groups is 3. The molecule has 0 saturated carbocycles. The monoisotopic (exact) mass is 387 g/mol. The summed E-state index contributed by atoms with van der Waals surface area (Å²) in [6.07, 6.45) is -0.277. The molecule has 1 aromatic carbocycles. The molecule has 1 aromatic heterocycles. The quantitative estimate of drug-likeness (QED) is 0.536. The van der Waals surface area contributed by atoms with E-state index in [0.29, 0.717) is 5.56 Å². The Morgan fingerprint density at radius 2 is 1.57 bits per heavy atom. The number of nitrogens with two attached hydrogens (primary N) is 1. The summed E-state index contributed by atoms with van der Waals surface area (Å²) < 4.78 is 6.55. The number of hydrogen-bond donors (Lipinski definition) is 1. The molecule has 0 atom stereocenters. The SMILES string of the molecule is Cc1ccc(C(=O)CCC(=O)OCC(=O)c2c(N)n(C)c(=O)n(C)c2=O)cc1. The van der Waals surface area contributed by atoms with Gasteiger partial charge in [-0.2, -0.15) is 0 Å². The zero-order valence-corrected chi connectivity index (χ0v) is 15.9. The third-order valence-corrected chi connectivity index (χ3v) is 4.28. The van der Waals surface area contributed by atoms with Gasteiger partial charge in [0.15, 0.2) is 12.4 Å². The molecule has 0 bridgehead atoms. The Balaban J connectivity index is 1.97. The molecule has 0 aliphatic carbocycles. The van der Waals surface area contributed by atoms with Crippen molar-refractivity contribution in [3.8, 4) is 0 Å². The van der Waals surface area contributed by atoms with E-state index in [1.807, 2.05) is 6.92 Å². The Hall–Kier alpha value is -3.49. The second-order valence-electron chi connectivity index (χ2n) is 6.34. The van der Waals surface area contributed by atoms with E-state index in [1.165, 1.54) is 14.1 Å². The van der Waals surface area contributed by atoms with Crippen LogP contribution in [0, 0.1) is 6.92 Å². The maximum absolute atomic E-state index is 12.2. The van der Waals surface area contributed by atoms with Gasteiger partial charge in [-0.3, -0.25) is 28.3 Å². The normalized spacial score (nSPS) is 10.5. The number of anilines is 1. The van der Waals surface area contributed by atoms with Gasteiger partial charge in [-0.25, -0.2) is 4.79 Å². The fraction of sp³-hybridized carbons (Fsp3) is 0.316. The lowest BCUT2D eigenvalue weighted by atomic mass is 10.1. The molecule has 148 valence electrons.